The van der Waals surface area contributed by atoms with E-state index in [0.29, 0.717) is 11.6 Å². The highest BCUT2D eigenvalue weighted by Crippen LogP contribution is 2.22. The highest BCUT2D eigenvalue weighted by atomic mass is 19.4. The molecule has 0 fully saturated rings. The maximum atomic E-state index is 12.0. The minimum Gasteiger partial charge on any atom is -0.484 e. The van der Waals surface area contributed by atoms with E-state index >= 15 is 0 Å². The minimum atomic E-state index is -4.35. The number of nitrogens with zero attached hydrogens (tertiary/aromatic N) is 1. The van der Waals surface area contributed by atoms with Crippen LogP contribution in [0.5, 0.6) is 11.5 Å². The summed E-state index contributed by atoms with van der Waals surface area (Å²) in [6.45, 7) is 2.47. The van der Waals surface area contributed by atoms with Crippen LogP contribution < -0.4 is 9.47 Å². The molecule has 0 spiro atoms. The molecule has 0 saturated heterocycles. The van der Waals surface area contributed by atoms with Crippen LogP contribution >= 0.6 is 0 Å². The summed E-state index contributed by atoms with van der Waals surface area (Å²) in [7, 11) is 0. The van der Waals surface area contributed by atoms with Gasteiger partial charge in [-0.3, -0.25) is 0 Å². The summed E-state index contributed by atoms with van der Waals surface area (Å²) < 4.78 is 51.4. The van der Waals surface area contributed by atoms with Crippen LogP contribution in [-0.4, -0.2) is 17.8 Å². The molecule has 114 valence electrons. The molecule has 0 bridgehead atoms. The number of ether oxygens (including phenoxy) is 2. The van der Waals surface area contributed by atoms with Gasteiger partial charge in [-0.05, 0) is 38.1 Å². The third kappa shape index (κ3) is 4.70. The van der Waals surface area contributed by atoms with Crippen molar-refractivity contribution in [3.63, 3.8) is 0 Å². The summed E-state index contributed by atoms with van der Waals surface area (Å²) in [6, 6.07) is 5.86. The third-order valence-electron chi connectivity index (χ3n) is 2.66. The monoisotopic (exact) mass is 301 g/mol. The molecule has 0 aliphatic carbocycles. The molecule has 0 saturated carbocycles. The van der Waals surface area contributed by atoms with Gasteiger partial charge < -0.3 is 13.9 Å². The van der Waals surface area contributed by atoms with Gasteiger partial charge in [-0.1, -0.05) is 0 Å². The predicted molar refractivity (Wildman–Crippen MR) is 68.3 cm³/mol. The molecule has 2 aromatic rings. The van der Waals surface area contributed by atoms with Gasteiger partial charge in [-0.15, -0.1) is 0 Å². The number of hydrogen-bond donors (Lipinski definition) is 0. The second-order valence-corrected chi connectivity index (χ2v) is 4.41. The third-order valence-corrected chi connectivity index (χ3v) is 2.66. The van der Waals surface area contributed by atoms with Gasteiger partial charge in [0.2, 0.25) is 5.89 Å². The Balaban J connectivity index is 1.87. The second-order valence-electron chi connectivity index (χ2n) is 4.41. The molecule has 1 aromatic heterocycles. The molecule has 0 amide bonds. The SMILES string of the molecule is Cc1nc(COc2ccc(OCC(F)(F)F)cc2)oc1C. The van der Waals surface area contributed by atoms with Crippen molar-refractivity contribution in [2.45, 2.75) is 26.6 Å². The van der Waals surface area contributed by atoms with E-state index in [2.05, 4.69) is 9.72 Å². The number of aryl methyl sites for hydroxylation is 2. The van der Waals surface area contributed by atoms with E-state index in [1.807, 2.05) is 6.92 Å². The Hall–Kier alpha value is -2.18. The number of halogens is 3. The van der Waals surface area contributed by atoms with E-state index in [1.54, 1.807) is 6.92 Å². The highest BCUT2D eigenvalue weighted by Gasteiger charge is 2.28. The fourth-order valence-electron chi connectivity index (χ4n) is 1.54. The lowest BCUT2D eigenvalue weighted by atomic mass is 10.3. The van der Waals surface area contributed by atoms with Gasteiger partial charge in [0.05, 0.1) is 5.69 Å². The van der Waals surface area contributed by atoms with Crippen molar-refractivity contribution in [1.29, 1.82) is 0 Å². The van der Waals surface area contributed by atoms with E-state index in [9.17, 15) is 13.2 Å². The molecule has 0 radical (unpaired) electrons. The van der Waals surface area contributed by atoms with Gasteiger partial charge in [0.1, 0.15) is 17.3 Å². The van der Waals surface area contributed by atoms with Crippen molar-refractivity contribution < 1.29 is 27.1 Å². The van der Waals surface area contributed by atoms with Gasteiger partial charge in [0.25, 0.3) is 0 Å². The van der Waals surface area contributed by atoms with Crippen molar-refractivity contribution in [1.82, 2.24) is 4.98 Å². The maximum Gasteiger partial charge on any atom is 0.422 e. The first-order chi connectivity index (χ1) is 9.83. The van der Waals surface area contributed by atoms with E-state index in [0.717, 1.165) is 11.5 Å². The van der Waals surface area contributed by atoms with Crippen LogP contribution in [0.2, 0.25) is 0 Å². The average Bonchev–Trinajstić information content (AvgIpc) is 2.74. The molecule has 0 aliphatic rings. The first kappa shape index (κ1) is 15.2. The molecule has 0 N–H and O–H groups in total. The van der Waals surface area contributed by atoms with E-state index in [-0.39, 0.29) is 12.4 Å². The molecule has 1 heterocycles. The van der Waals surface area contributed by atoms with Gasteiger partial charge in [0.15, 0.2) is 13.2 Å². The van der Waals surface area contributed by atoms with Crippen LogP contribution in [-0.2, 0) is 6.61 Å². The molecule has 0 aliphatic heterocycles. The van der Waals surface area contributed by atoms with E-state index < -0.39 is 12.8 Å². The van der Waals surface area contributed by atoms with Gasteiger partial charge >= 0.3 is 6.18 Å². The molecule has 4 nitrogen and oxygen atoms in total. The second kappa shape index (κ2) is 6.07. The number of benzene rings is 1. The van der Waals surface area contributed by atoms with Crippen LogP contribution in [0.25, 0.3) is 0 Å². The van der Waals surface area contributed by atoms with Crippen LogP contribution in [0.3, 0.4) is 0 Å². The Kier molecular flexibility index (Phi) is 4.40. The Labute approximate surface area is 119 Å². The fraction of sp³-hybridized carbons (Fsp3) is 0.357. The average molecular weight is 301 g/mol. The van der Waals surface area contributed by atoms with Crippen LogP contribution in [0.1, 0.15) is 17.3 Å². The summed E-state index contributed by atoms with van der Waals surface area (Å²) in [5, 5.41) is 0. The zero-order valence-electron chi connectivity index (χ0n) is 11.5. The molecule has 7 heteroatoms. The summed E-state index contributed by atoms with van der Waals surface area (Å²) >= 11 is 0. The quantitative estimate of drug-likeness (QED) is 0.842. The predicted octanol–water partition coefficient (Wildman–Crippen LogP) is 3.81. The van der Waals surface area contributed by atoms with Gasteiger partial charge in [-0.2, -0.15) is 13.2 Å². The zero-order chi connectivity index (χ0) is 15.5. The van der Waals surface area contributed by atoms with Crippen molar-refractivity contribution in [2.24, 2.45) is 0 Å². The first-order valence-electron chi connectivity index (χ1n) is 6.19. The molecular weight excluding hydrogens is 287 g/mol. The fourth-order valence-corrected chi connectivity index (χ4v) is 1.54. The molecule has 0 unspecified atom stereocenters. The van der Waals surface area contributed by atoms with E-state index in [1.165, 1.54) is 24.3 Å². The molecule has 0 atom stereocenters. The number of rotatable bonds is 5. The summed E-state index contributed by atoms with van der Waals surface area (Å²) in [4.78, 5) is 4.16. The normalized spacial score (nSPS) is 11.5. The largest absolute Gasteiger partial charge is 0.484 e. The van der Waals surface area contributed by atoms with Crippen molar-refractivity contribution in [3.05, 3.63) is 41.6 Å². The van der Waals surface area contributed by atoms with Crippen LogP contribution in [0.15, 0.2) is 28.7 Å². The lowest BCUT2D eigenvalue weighted by Crippen LogP contribution is -2.19. The first-order valence-corrected chi connectivity index (χ1v) is 6.19. The summed E-state index contributed by atoms with van der Waals surface area (Å²) in [5.41, 5.74) is 0.796. The Morgan fingerprint density at radius 3 is 2.10 bits per heavy atom. The zero-order valence-corrected chi connectivity index (χ0v) is 11.5. The molecule has 2 rings (SSSR count). The van der Waals surface area contributed by atoms with Crippen LogP contribution in [0, 0.1) is 13.8 Å². The molecule has 1 aromatic carbocycles. The number of aromatic nitrogens is 1. The highest BCUT2D eigenvalue weighted by molar-refractivity contribution is 5.31. The number of alkyl halides is 3. The number of oxazole rings is 1. The smallest absolute Gasteiger partial charge is 0.422 e. The summed E-state index contributed by atoms with van der Waals surface area (Å²) in [6.07, 6.45) is -4.35. The maximum absolute atomic E-state index is 12.0. The van der Waals surface area contributed by atoms with Crippen LogP contribution in [0.4, 0.5) is 13.2 Å². The molecular formula is C14H14F3NO3. The van der Waals surface area contributed by atoms with E-state index in [4.69, 9.17) is 9.15 Å². The minimum absolute atomic E-state index is 0.127. The molecule has 21 heavy (non-hydrogen) atoms. The number of hydrogen-bond acceptors (Lipinski definition) is 4. The van der Waals surface area contributed by atoms with Crippen molar-refractivity contribution in [3.8, 4) is 11.5 Å². The van der Waals surface area contributed by atoms with Gasteiger partial charge in [0, 0.05) is 0 Å². The van der Waals surface area contributed by atoms with Crippen molar-refractivity contribution in [2.75, 3.05) is 6.61 Å². The Morgan fingerprint density at radius 1 is 1.05 bits per heavy atom. The Morgan fingerprint density at radius 2 is 1.62 bits per heavy atom. The topological polar surface area (TPSA) is 44.5 Å². The summed E-state index contributed by atoms with van der Waals surface area (Å²) in [5.74, 6) is 1.79. The lowest BCUT2D eigenvalue weighted by molar-refractivity contribution is -0.153. The van der Waals surface area contributed by atoms with Crippen molar-refractivity contribution >= 4 is 0 Å². The lowest BCUT2D eigenvalue weighted by Gasteiger charge is -2.09. The Bertz CT molecular complexity index is 571. The standard InChI is InChI=1S/C14H14F3NO3/c1-9-10(2)21-13(18-9)7-19-11-3-5-12(6-4-11)20-8-14(15,16)17/h3-6H,7-8H2,1-2H3. The van der Waals surface area contributed by atoms with Gasteiger partial charge in [-0.25, -0.2) is 4.98 Å².